The zero-order chi connectivity index (χ0) is 17.4. The minimum Gasteiger partial charge on any atom is -0.388 e. The summed E-state index contributed by atoms with van der Waals surface area (Å²) < 4.78 is 6.56. The van der Waals surface area contributed by atoms with Gasteiger partial charge in [0.25, 0.3) is 0 Å². The summed E-state index contributed by atoms with van der Waals surface area (Å²) in [5.74, 6) is 0.919. The summed E-state index contributed by atoms with van der Waals surface area (Å²) in [6.45, 7) is 5.18. The van der Waals surface area contributed by atoms with Gasteiger partial charge >= 0.3 is 0 Å². The van der Waals surface area contributed by atoms with Gasteiger partial charge in [-0.1, -0.05) is 12.1 Å². The molecule has 0 bridgehead atoms. The van der Waals surface area contributed by atoms with Crippen molar-refractivity contribution in [2.24, 2.45) is 0 Å². The van der Waals surface area contributed by atoms with E-state index in [2.05, 4.69) is 51.4 Å². The van der Waals surface area contributed by atoms with Crippen molar-refractivity contribution in [3.63, 3.8) is 0 Å². The Morgan fingerprint density at radius 2 is 2.04 bits per heavy atom. The van der Waals surface area contributed by atoms with Crippen molar-refractivity contribution < 1.29 is 4.74 Å². The van der Waals surface area contributed by atoms with E-state index in [1.165, 1.54) is 10.4 Å². The number of thiophene rings is 1. The maximum absolute atomic E-state index is 6.23. The topological polar surface area (TPSA) is 50.3 Å². The number of rotatable bonds is 3. The molecule has 25 heavy (non-hydrogen) atoms. The summed E-state index contributed by atoms with van der Waals surface area (Å²) in [6, 6.07) is 8.40. The van der Waals surface area contributed by atoms with Crippen molar-refractivity contribution in [1.29, 1.82) is 0 Å². The second-order valence-corrected chi connectivity index (χ2v) is 7.34. The van der Waals surface area contributed by atoms with E-state index in [1.807, 2.05) is 7.05 Å². The third kappa shape index (κ3) is 3.05. The van der Waals surface area contributed by atoms with Crippen LogP contribution in [0.5, 0.6) is 0 Å². The number of aryl methyl sites for hydroxylation is 1. The Bertz CT molecular complexity index is 921. The zero-order valence-electron chi connectivity index (χ0n) is 14.2. The smallest absolute Gasteiger partial charge is 0.224 e. The number of ether oxygens (including phenoxy) is 1. The molecule has 2 aromatic heterocycles. The maximum atomic E-state index is 6.23. The van der Waals surface area contributed by atoms with Crippen molar-refractivity contribution in [3.8, 4) is 10.4 Å². The molecule has 0 aliphatic carbocycles. The van der Waals surface area contributed by atoms with Crippen LogP contribution in [0.25, 0.3) is 20.7 Å². The standard InChI is InChI=1S/C18H19ClN4OS/c1-11-14-16(25-15(11)12-4-3-5-13(10-12)20-2)17(22-18(19)21-14)23-6-8-24-9-7-23/h3-5,10,20H,6-9H2,1-2H3. The van der Waals surface area contributed by atoms with E-state index in [4.69, 9.17) is 16.3 Å². The molecule has 1 N–H and O–H groups in total. The van der Waals surface area contributed by atoms with Gasteiger partial charge < -0.3 is 15.0 Å². The molecule has 1 aromatic carbocycles. The zero-order valence-corrected chi connectivity index (χ0v) is 15.7. The van der Waals surface area contributed by atoms with Crippen LogP contribution in [0.3, 0.4) is 0 Å². The Hall–Kier alpha value is -1.89. The lowest BCUT2D eigenvalue weighted by atomic mass is 10.1. The predicted octanol–water partition coefficient (Wildman–Crippen LogP) is 4.20. The van der Waals surface area contributed by atoms with Crippen LogP contribution in [0, 0.1) is 6.92 Å². The van der Waals surface area contributed by atoms with Gasteiger partial charge in [-0.2, -0.15) is 4.98 Å². The fraction of sp³-hybridized carbons (Fsp3) is 0.333. The minimum absolute atomic E-state index is 0.297. The molecule has 130 valence electrons. The van der Waals surface area contributed by atoms with Crippen LogP contribution < -0.4 is 10.2 Å². The van der Waals surface area contributed by atoms with Crippen LogP contribution >= 0.6 is 22.9 Å². The fourth-order valence-electron chi connectivity index (χ4n) is 3.13. The maximum Gasteiger partial charge on any atom is 0.224 e. The first-order chi connectivity index (χ1) is 12.2. The van der Waals surface area contributed by atoms with Gasteiger partial charge in [-0.3, -0.25) is 0 Å². The molecule has 0 atom stereocenters. The molecule has 7 heteroatoms. The van der Waals surface area contributed by atoms with E-state index in [0.717, 1.165) is 40.4 Å². The highest BCUT2D eigenvalue weighted by Crippen LogP contribution is 2.42. The van der Waals surface area contributed by atoms with Gasteiger partial charge in [0.05, 0.1) is 23.4 Å². The van der Waals surface area contributed by atoms with E-state index < -0.39 is 0 Å². The SMILES string of the molecule is CNc1cccc(-c2sc3c(N4CCOCC4)nc(Cl)nc3c2C)c1. The van der Waals surface area contributed by atoms with Gasteiger partial charge in [-0.25, -0.2) is 4.98 Å². The lowest BCUT2D eigenvalue weighted by Gasteiger charge is -2.28. The van der Waals surface area contributed by atoms with E-state index in [1.54, 1.807) is 11.3 Å². The quantitative estimate of drug-likeness (QED) is 0.696. The largest absolute Gasteiger partial charge is 0.388 e. The monoisotopic (exact) mass is 374 g/mol. The summed E-state index contributed by atoms with van der Waals surface area (Å²) >= 11 is 7.96. The van der Waals surface area contributed by atoms with Crippen LogP contribution in [0.2, 0.25) is 5.28 Å². The molecular formula is C18H19ClN4OS. The summed E-state index contributed by atoms with van der Waals surface area (Å²) in [5.41, 5.74) is 4.35. The van der Waals surface area contributed by atoms with Crippen LogP contribution in [0.15, 0.2) is 24.3 Å². The van der Waals surface area contributed by atoms with Crippen molar-refractivity contribution in [3.05, 3.63) is 35.1 Å². The van der Waals surface area contributed by atoms with E-state index >= 15 is 0 Å². The average molecular weight is 375 g/mol. The van der Waals surface area contributed by atoms with Crippen LogP contribution in [0.1, 0.15) is 5.56 Å². The molecule has 0 radical (unpaired) electrons. The summed E-state index contributed by atoms with van der Waals surface area (Å²) in [5, 5.41) is 3.49. The highest BCUT2D eigenvalue weighted by atomic mass is 35.5. The van der Waals surface area contributed by atoms with Crippen molar-refractivity contribution in [1.82, 2.24) is 9.97 Å². The molecule has 5 nitrogen and oxygen atoms in total. The number of hydrogen-bond donors (Lipinski definition) is 1. The molecule has 1 saturated heterocycles. The third-order valence-corrected chi connectivity index (χ3v) is 5.94. The molecule has 3 heterocycles. The highest BCUT2D eigenvalue weighted by Gasteiger charge is 2.21. The van der Waals surface area contributed by atoms with Gasteiger partial charge in [-0.15, -0.1) is 11.3 Å². The Balaban J connectivity index is 1.88. The Morgan fingerprint density at radius 3 is 2.80 bits per heavy atom. The van der Waals surface area contributed by atoms with Crippen molar-refractivity contribution in [2.45, 2.75) is 6.92 Å². The number of anilines is 2. The van der Waals surface area contributed by atoms with Crippen LogP contribution in [0.4, 0.5) is 11.5 Å². The Morgan fingerprint density at radius 1 is 1.24 bits per heavy atom. The van der Waals surface area contributed by atoms with E-state index in [9.17, 15) is 0 Å². The predicted molar refractivity (Wildman–Crippen MR) is 105 cm³/mol. The number of hydrogen-bond acceptors (Lipinski definition) is 6. The van der Waals surface area contributed by atoms with E-state index in [0.29, 0.717) is 18.5 Å². The Labute approximate surface area is 155 Å². The van der Waals surface area contributed by atoms with Gasteiger partial charge in [-0.05, 0) is 41.8 Å². The molecule has 0 spiro atoms. The van der Waals surface area contributed by atoms with E-state index in [-0.39, 0.29) is 0 Å². The van der Waals surface area contributed by atoms with Crippen LogP contribution in [-0.4, -0.2) is 43.3 Å². The highest BCUT2D eigenvalue weighted by molar-refractivity contribution is 7.23. The molecule has 3 aromatic rings. The Kier molecular flexibility index (Phi) is 4.50. The van der Waals surface area contributed by atoms with Crippen LogP contribution in [-0.2, 0) is 4.74 Å². The minimum atomic E-state index is 0.297. The first kappa shape index (κ1) is 16.6. The van der Waals surface area contributed by atoms with Gasteiger partial charge in [0.1, 0.15) is 0 Å². The summed E-state index contributed by atoms with van der Waals surface area (Å²) in [6.07, 6.45) is 0. The average Bonchev–Trinajstić information content (AvgIpc) is 2.98. The normalized spacial score (nSPS) is 14.9. The molecule has 1 aliphatic heterocycles. The number of fused-ring (bicyclic) bond motifs is 1. The fourth-order valence-corrected chi connectivity index (χ4v) is 4.55. The first-order valence-corrected chi connectivity index (χ1v) is 9.44. The number of nitrogens with one attached hydrogen (secondary N) is 1. The second-order valence-electron chi connectivity index (χ2n) is 5.98. The second kappa shape index (κ2) is 6.78. The third-order valence-electron chi connectivity index (χ3n) is 4.44. The molecule has 4 rings (SSSR count). The lowest BCUT2D eigenvalue weighted by molar-refractivity contribution is 0.122. The first-order valence-electron chi connectivity index (χ1n) is 8.25. The molecular weight excluding hydrogens is 356 g/mol. The lowest BCUT2D eigenvalue weighted by Crippen LogP contribution is -2.36. The molecule has 0 unspecified atom stereocenters. The molecule has 1 fully saturated rings. The summed E-state index contributed by atoms with van der Waals surface area (Å²) in [7, 11) is 1.93. The van der Waals surface area contributed by atoms with Gasteiger partial charge in [0.15, 0.2) is 5.82 Å². The molecule has 1 aliphatic rings. The summed E-state index contributed by atoms with van der Waals surface area (Å²) in [4.78, 5) is 12.5. The number of halogens is 1. The molecule has 0 saturated carbocycles. The number of nitrogens with zero attached hydrogens (tertiary/aromatic N) is 3. The number of aromatic nitrogens is 2. The van der Waals surface area contributed by atoms with Crippen molar-refractivity contribution in [2.75, 3.05) is 43.6 Å². The number of morpholine rings is 1. The number of benzene rings is 1. The van der Waals surface area contributed by atoms with Crippen molar-refractivity contribution >= 4 is 44.7 Å². The van der Waals surface area contributed by atoms with Gasteiger partial charge in [0.2, 0.25) is 5.28 Å². The molecule has 0 amide bonds. The van der Waals surface area contributed by atoms with Gasteiger partial charge in [0, 0.05) is 30.7 Å².